The second kappa shape index (κ2) is 3.29. The number of nitrogens with one attached hydrogen (secondary N) is 1. The smallest absolute Gasteiger partial charge is 0.0877 e. The van der Waals surface area contributed by atoms with Gasteiger partial charge in [-0.05, 0) is 11.6 Å². The summed E-state index contributed by atoms with van der Waals surface area (Å²) in [6.45, 7) is 3.62. The van der Waals surface area contributed by atoms with Gasteiger partial charge in [-0.15, -0.1) is 0 Å². The highest BCUT2D eigenvalue weighted by Gasteiger charge is 2.28. The number of H-pyrrole nitrogens is 1. The fraction of sp³-hybridized carbons (Fsp3) is 0.556. The molecule has 0 saturated heterocycles. The third-order valence-corrected chi connectivity index (χ3v) is 2.09. The van der Waals surface area contributed by atoms with Crippen LogP contribution >= 0.6 is 0 Å². The molecule has 68 valence electrons. The number of hydrogen-bond acceptors (Lipinski definition) is 2. The molecule has 3 heteroatoms. The summed E-state index contributed by atoms with van der Waals surface area (Å²) in [7, 11) is 0. The zero-order chi connectivity index (χ0) is 9.19. The van der Waals surface area contributed by atoms with E-state index in [9.17, 15) is 5.11 Å². The minimum Gasteiger partial charge on any atom is -0.396 e. The lowest BCUT2D eigenvalue weighted by atomic mass is 9.84. The van der Waals surface area contributed by atoms with E-state index in [2.05, 4.69) is 4.98 Å². The zero-order valence-corrected chi connectivity index (χ0v) is 7.41. The largest absolute Gasteiger partial charge is 0.396 e. The van der Waals surface area contributed by atoms with Crippen LogP contribution in [-0.4, -0.2) is 21.8 Å². The normalized spacial score (nSPS) is 14.7. The summed E-state index contributed by atoms with van der Waals surface area (Å²) in [4.78, 5) is 2.87. The van der Waals surface area contributed by atoms with E-state index in [0.29, 0.717) is 0 Å². The highest BCUT2D eigenvalue weighted by Crippen LogP contribution is 2.32. The van der Waals surface area contributed by atoms with Gasteiger partial charge in [0.2, 0.25) is 0 Å². The Morgan fingerprint density at radius 2 is 2.25 bits per heavy atom. The number of aromatic nitrogens is 1. The summed E-state index contributed by atoms with van der Waals surface area (Å²) in [5.74, 6) is 0. The molecule has 1 atom stereocenters. The average Bonchev–Trinajstić information content (AvgIpc) is 2.55. The molecule has 0 fully saturated rings. The Labute approximate surface area is 72.1 Å². The number of rotatable bonds is 3. The van der Waals surface area contributed by atoms with Crippen molar-refractivity contribution in [2.75, 3.05) is 6.61 Å². The van der Waals surface area contributed by atoms with Crippen molar-refractivity contribution in [3.05, 3.63) is 24.0 Å². The van der Waals surface area contributed by atoms with Gasteiger partial charge in [0.25, 0.3) is 0 Å². The third kappa shape index (κ3) is 1.68. The summed E-state index contributed by atoms with van der Waals surface area (Å²) < 4.78 is 0. The molecule has 0 saturated carbocycles. The molecule has 3 N–H and O–H groups in total. The molecule has 3 nitrogen and oxygen atoms in total. The van der Waals surface area contributed by atoms with E-state index >= 15 is 0 Å². The molecule has 1 rings (SSSR count). The summed E-state index contributed by atoms with van der Waals surface area (Å²) >= 11 is 0. The number of hydrogen-bond donors (Lipinski definition) is 3. The second-order valence-electron chi connectivity index (χ2n) is 3.69. The summed E-state index contributed by atoms with van der Waals surface area (Å²) in [6.07, 6.45) is 2.88. The Morgan fingerprint density at radius 1 is 1.58 bits per heavy atom. The lowest BCUT2D eigenvalue weighted by molar-refractivity contribution is 0.00647. The van der Waals surface area contributed by atoms with Gasteiger partial charge in [-0.1, -0.05) is 13.8 Å². The minimum absolute atomic E-state index is 0.0284. The van der Waals surface area contributed by atoms with Gasteiger partial charge in [0.05, 0.1) is 12.7 Å². The maximum Gasteiger partial charge on any atom is 0.0877 e. The molecule has 0 aliphatic carbocycles. The number of aliphatic hydroxyl groups is 2. The highest BCUT2D eigenvalue weighted by atomic mass is 16.3. The molecule has 0 aliphatic rings. The van der Waals surface area contributed by atoms with Crippen LogP contribution in [0, 0.1) is 5.41 Å². The average molecular weight is 169 g/mol. The number of aromatic amines is 1. The molecular formula is C9H15NO2. The lowest BCUT2D eigenvalue weighted by Gasteiger charge is -2.27. The van der Waals surface area contributed by atoms with Gasteiger partial charge in [-0.3, -0.25) is 0 Å². The Bertz CT molecular complexity index is 229. The Hall–Kier alpha value is -0.800. The molecule has 1 unspecified atom stereocenters. The van der Waals surface area contributed by atoms with E-state index in [1.165, 1.54) is 0 Å². The standard InChI is InChI=1S/C9H15NO2/c1-9(2,6-11)8(12)7-3-4-10-5-7/h3-5,8,10-12H,6H2,1-2H3. The van der Waals surface area contributed by atoms with Crippen LogP contribution in [0.5, 0.6) is 0 Å². The molecule has 1 heterocycles. The maximum absolute atomic E-state index is 9.76. The Kier molecular flexibility index (Phi) is 2.55. The lowest BCUT2D eigenvalue weighted by Crippen LogP contribution is -2.25. The van der Waals surface area contributed by atoms with Crippen LogP contribution in [0.3, 0.4) is 0 Å². The molecule has 12 heavy (non-hydrogen) atoms. The monoisotopic (exact) mass is 169 g/mol. The quantitative estimate of drug-likeness (QED) is 0.634. The van der Waals surface area contributed by atoms with Gasteiger partial charge in [-0.2, -0.15) is 0 Å². The number of aliphatic hydroxyl groups excluding tert-OH is 2. The third-order valence-electron chi connectivity index (χ3n) is 2.09. The van der Waals surface area contributed by atoms with E-state index in [1.54, 1.807) is 12.4 Å². The van der Waals surface area contributed by atoms with Crippen molar-refractivity contribution in [3.63, 3.8) is 0 Å². The zero-order valence-electron chi connectivity index (χ0n) is 7.41. The minimum atomic E-state index is -0.617. The van der Waals surface area contributed by atoms with Crippen molar-refractivity contribution in [1.29, 1.82) is 0 Å². The predicted molar refractivity (Wildman–Crippen MR) is 46.6 cm³/mol. The molecule has 0 bridgehead atoms. The van der Waals surface area contributed by atoms with Gasteiger partial charge in [-0.25, -0.2) is 0 Å². The van der Waals surface area contributed by atoms with Crippen LogP contribution in [0.2, 0.25) is 0 Å². The summed E-state index contributed by atoms with van der Waals surface area (Å²) in [5, 5.41) is 18.8. The fourth-order valence-corrected chi connectivity index (χ4v) is 1.04. The first-order valence-electron chi connectivity index (χ1n) is 3.99. The molecule has 1 aromatic heterocycles. The van der Waals surface area contributed by atoms with Gasteiger partial charge < -0.3 is 15.2 Å². The molecule has 0 amide bonds. The van der Waals surface area contributed by atoms with Crippen LogP contribution in [0.15, 0.2) is 18.5 Å². The van der Waals surface area contributed by atoms with Crippen LogP contribution in [0.25, 0.3) is 0 Å². The predicted octanol–water partition coefficient (Wildman–Crippen LogP) is 1.07. The summed E-state index contributed by atoms with van der Waals surface area (Å²) in [5.41, 5.74) is 0.330. The van der Waals surface area contributed by atoms with Crippen molar-refractivity contribution >= 4 is 0 Å². The van der Waals surface area contributed by atoms with Crippen LogP contribution < -0.4 is 0 Å². The van der Waals surface area contributed by atoms with Crippen LogP contribution in [-0.2, 0) is 0 Å². The van der Waals surface area contributed by atoms with Crippen LogP contribution in [0.1, 0.15) is 25.5 Å². The van der Waals surface area contributed by atoms with E-state index in [1.807, 2.05) is 19.9 Å². The SMILES string of the molecule is CC(C)(CO)C(O)c1cc[nH]c1. The first kappa shape index (κ1) is 9.29. The van der Waals surface area contributed by atoms with Crippen molar-refractivity contribution in [3.8, 4) is 0 Å². The molecule has 0 aliphatic heterocycles. The first-order chi connectivity index (χ1) is 5.58. The van der Waals surface area contributed by atoms with Crippen molar-refractivity contribution < 1.29 is 10.2 Å². The van der Waals surface area contributed by atoms with Crippen molar-refractivity contribution in [2.24, 2.45) is 5.41 Å². The van der Waals surface area contributed by atoms with Gasteiger partial charge in [0, 0.05) is 17.8 Å². The highest BCUT2D eigenvalue weighted by molar-refractivity contribution is 5.14. The van der Waals surface area contributed by atoms with E-state index in [0.717, 1.165) is 5.56 Å². The molecule has 0 spiro atoms. The van der Waals surface area contributed by atoms with E-state index in [-0.39, 0.29) is 6.61 Å². The molecule has 0 aromatic carbocycles. The van der Waals surface area contributed by atoms with Crippen molar-refractivity contribution in [2.45, 2.75) is 20.0 Å². The van der Waals surface area contributed by atoms with Gasteiger partial charge >= 0.3 is 0 Å². The fourth-order valence-electron chi connectivity index (χ4n) is 1.04. The Morgan fingerprint density at radius 3 is 2.67 bits per heavy atom. The molecule has 0 radical (unpaired) electrons. The Balaban J connectivity index is 2.78. The molecular weight excluding hydrogens is 154 g/mol. The van der Waals surface area contributed by atoms with Crippen molar-refractivity contribution in [1.82, 2.24) is 4.98 Å². The second-order valence-corrected chi connectivity index (χ2v) is 3.69. The van der Waals surface area contributed by atoms with Crippen LogP contribution in [0.4, 0.5) is 0 Å². The topological polar surface area (TPSA) is 56.2 Å². The van der Waals surface area contributed by atoms with Gasteiger partial charge in [0.15, 0.2) is 0 Å². The van der Waals surface area contributed by atoms with E-state index in [4.69, 9.17) is 5.11 Å². The van der Waals surface area contributed by atoms with E-state index < -0.39 is 11.5 Å². The maximum atomic E-state index is 9.76. The summed E-state index contributed by atoms with van der Waals surface area (Å²) in [6, 6.07) is 1.81. The van der Waals surface area contributed by atoms with Gasteiger partial charge in [0.1, 0.15) is 0 Å². The first-order valence-corrected chi connectivity index (χ1v) is 3.99. The molecule has 1 aromatic rings.